The summed E-state index contributed by atoms with van der Waals surface area (Å²) in [4.78, 5) is 14.2. The summed E-state index contributed by atoms with van der Waals surface area (Å²) in [6.45, 7) is 7.89. The maximum Gasteiger partial charge on any atom is 0.257 e. The van der Waals surface area contributed by atoms with Crippen molar-refractivity contribution in [3.63, 3.8) is 0 Å². The molecule has 1 amide bonds. The van der Waals surface area contributed by atoms with E-state index in [4.69, 9.17) is 16.3 Å². The van der Waals surface area contributed by atoms with Gasteiger partial charge in [0.2, 0.25) is 0 Å². The molecule has 1 aliphatic heterocycles. The number of carbonyl (C=O) groups excluding carboxylic acids is 1. The van der Waals surface area contributed by atoms with Crippen molar-refractivity contribution in [1.29, 1.82) is 0 Å². The highest BCUT2D eigenvalue weighted by Crippen LogP contribution is 2.24. The summed E-state index contributed by atoms with van der Waals surface area (Å²) in [5.74, 6) is 0.558. The van der Waals surface area contributed by atoms with Gasteiger partial charge in [-0.1, -0.05) is 17.7 Å². The van der Waals surface area contributed by atoms with E-state index >= 15 is 0 Å². The number of nitrogens with zero attached hydrogens (tertiary/aromatic N) is 1. The predicted octanol–water partition coefficient (Wildman–Crippen LogP) is 1.44. The van der Waals surface area contributed by atoms with Gasteiger partial charge in [0.25, 0.3) is 5.91 Å². The Morgan fingerprint density at radius 3 is 2.95 bits per heavy atom. The number of hydrogen-bond donors (Lipinski definition) is 2. The number of nitrogens with one attached hydrogen (secondary N) is 2. The highest BCUT2D eigenvalue weighted by molar-refractivity contribution is 6.31. The molecule has 1 saturated heterocycles. The number of amides is 1. The van der Waals surface area contributed by atoms with Gasteiger partial charge in [-0.25, -0.2) is 0 Å². The predicted molar refractivity (Wildman–Crippen MR) is 88.6 cm³/mol. The van der Waals surface area contributed by atoms with Crippen molar-refractivity contribution in [1.82, 2.24) is 15.5 Å². The summed E-state index contributed by atoms with van der Waals surface area (Å²) < 4.78 is 5.51. The standard InChI is InChI=1S/C16H24ClN3O2/c1-13-14(17)4-2-5-15(13)22-12-16(21)19-6-3-9-20-10-7-18-8-11-20/h2,4-5,18H,3,6-12H2,1H3,(H,19,21). The van der Waals surface area contributed by atoms with E-state index in [1.54, 1.807) is 6.07 Å². The molecule has 0 spiro atoms. The first-order valence-corrected chi connectivity index (χ1v) is 8.12. The Labute approximate surface area is 137 Å². The van der Waals surface area contributed by atoms with Crippen molar-refractivity contribution in [2.75, 3.05) is 45.9 Å². The molecule has 1 aromatic rings. The van der Waals surface area contributed by atoms with E-state index in [1.807, 2.05) is 19.1 Å². The van der Waals surface area contributed by atoms with Crippen LogP contribution in [0.15, 0.2) is 18.2 Å². The van der Waals surface area contributed by atoms with Crippen LogP contribution in [-0.4, -0.2) is 56.7 Å². The molecule has 1 aliphatic rings. The largest absolute Gasteiger partial charge is 0.483 e. The van der Waals surface area contributed by atoms with Crippen LogP contribution >= 0.6 is 11.6 Å². The van der Waals surface area contributed by atoms with Crippen molar-refractivity contribution in [2.24, 2.45) is 0 Å². The number of piperazine rings is 1. The van der Waals surface area contributed by atoms with Gasteiger partial charge in [0.15, 0.2) is 6.61 Å². The fourth-order valence-corrected chi connectivity index (χ4v) is 2.57. The van der Waals surface area contributed by atoms with E-state index in [9.17, 15) is 4.79 Å². The van der Waals surface area contributed by atoms with Crippen LogP contribution in [0, 0.1) is 6.92 Å². The van der Waals surface area contributed by atoms with Gasteiger partial charge in [-0.2, -0.15) is 0 Å². The number of rotatable bonds is 7. The molecular weight excluding hydrogens is 302 g/mol. The zero-order valence-electron chi connectivity index (χ0n) is 13.0. The average molecular weight is 326 g/mol. The zero-order valence-corrected chi connectivity index (χ0v) is 13.8. The second kappa shape index (κ2) is 8.98. The molecule has 0 atom stereocenters. The molecule has 2 N–H and O–H groups in total. The fourth-order valence-electron chi connectivity index (χ4n) is 2.40. The number of hydrogen-bond acceptors (Lipinski definition) is 4. The molecule has 0 radical (unpaired) electrons. The number of halogens is 1. The smallest absolute Gasteiger partial charge is 0.257 e. The van der Waals surface area contributed by atoms with Crippen molar-refractivity contribution in [2.45, 2.75) is 13.3 Å². The highest BCUT2D eigenvalue weighted by Gasteiger charge is 2.09. The third-order valence-electron chi connectivity index (χ3n) is 3.76. The molecule has 1 heterocycles. The molecule has 0 aromatic heterocycles. The second-order valence-electron chi connectivity index (χ2n) is 5.45. The molecule has 0 aliphatic carbocycles. The molecule has 0 unspecified atom stereocenters. The Balaban J connectivity index is 1.60. The quantitative estimate of drug-likeness (QED) is 0.745. The van der Waals surface area contributed by atoms with Gasteiger partial charge in [0.1, 0.15) is 5.75 Å². The molecule has 2 rings (SSSR count). The lowest BCUT2D eigenvalue weighted by atomic mass is 10.2. The molecule has 5 nitrogen and oxygen atoms in total. The molecule has 1 aromatic carbocycles. The summed E-state index contributed by atoms with van der Waals surface area (Å²) in [5.41, 5.74) is 0.857. The Bertz CT molecular complexity index is 490. The normalized spacial score (nSPS) is 15.5. The first-order chi connectivity index (χ1) is 10.7. The molecule has 122 valence electrons. The monoisotopic (exact) mass is 325 g/mol. The lowest BCUT2D eigenvalue weighted by molar-refractivity contribution is -0.123. The van der Waals surface area contributed by atoms with Gasteiger partial charge in [-0.05, 0) is 32.0 Å². The zero-order chi connectivity index (χ0) is 15.8. The minimum absolute atomic E-state index is 0.0226. The van der Waals surface area contributed by atoms with E-state index in [0.29, 0.717) is 17.3 Å². The van der Waals surface area contributed by atoms with E-state index < -0.39 is 0 Å². The number of carbonyl (C=O) groups is 1. The maximum absolute atomic E-state index is 11.8. The Kier molecular flexibility index (Phi) is 6.96. The lowest BCUT2D eigenvalue weighted by Gasteiger charge is -2.27. The second-order valence-corrected chi connectivity index (χ2v) is 5.85. The number of ether oxygens (including phenoxy) is 1. The van der Waals surface area contributed by atoms with Gasteiger partial charge in [-0.3, -0.25) is 4.79 Å². The molecule has 6 heteroatoms. The van der Waals surface area contributed by atoms with Gasteiger partial charge in [0.05, 0.1) is 0 Å². The Hall–Kier alpha value is -1.30. The maximum atomic E-state index is 11.8. The van der Waals surface area contributed by atoms with Crippen LogP contribution in [0.4, 0.5) is 0 Å². The van der Waals surface area contributed by atoms with Crippen LogP contribution in [0.2, 0.25) is 5.02 Å². The first-order valence-electron chi connectivity index (χ1n) is 7.74. The third kappa shape index (κ3) is 5.48. The summed E-state index contributed by atoms with van der Waals surface area (Å²) in [7, 11) is 0. The highest BCUT2D eigenvalue weighted by atomic mass is 35.5. The van der Waals surface area contributed by atoms with Crippen molar-refractivity contribution in [3.8, 4) is 5.75 Å². The fraction of sp³-hybridized carbons (Fsp3) is 0.562. The van der Waals surface area contributed by atoms with Crippen LogP contribution in [-0.2, 0) is 4.79 Å². The van der Waals surface area contributed by atoms with Gasteiger partial charge >= 0.3 is 0 Å². The molecule has 0 saturated carbocycles. The molecule has 1 fully saturated rings. The third-order valence-corrected chi connectivity index (χ3v) is 4.17. The summed E-state index contributed by atoms with van der Waals surface area (Å²) in [6, 6.07) is 5.44. The van der Waals surface area contributed by atoms with Crippen LogP contribution in [0.25, 0.3) is 0 Å². The van der Waals surface area contributed by atoms with Crippen LogP contribution in [0.5, 0.6) is 5.75 Å². The summed E-state index contributed by atoms with van der Waals surface area (Å²) in [6.07, 6.45) is 0.960. The minimum atomic E-state index is -0.0975. The van der Waals surface area contributed by atoms with E-state index in [1.165, 1.54) is 0 Å². The minimum Gasteiger partial charge on any atom is -0.483 e. The first kappa shape index (κ1) is 17.1. The van der Waals surface area contributed by atoms with Gasteiger partial charge < -0.3 is 20.3 Å². The van der Waals surface area contributed by atoms with Gasteiger partial charge in [0, 0.05) is 43.3 Å². The van der Waals surface area contributed by atoms with Gasteiger partial charge in [-0.15, -0.1) is 0 Å². The van der Waals surface area contributed by atoms with Crippen LogP contribution in [0.1, 0.15) is 12.0 Å². The van der Waals surface area contributed by atoms with Crippen LogP contribution < -0.4 is 15.4 Å². The Morgan fingerprint density at radius 2 is 2.18 bits per heavy atom. The number of benzene rings is 1. The topological polar surface area (TPSA) is 53.6 Å². The lowest BCUT2D eigenvalue weighted by Crippen LogP contribution is -2.44. The van der Waals surface area contributed by atoms with Crippen molar-refractivity contribution < 1.29 is 9.53 Å². The van der Waals surface area contributed by atoms with Crippen LogP contribution in [0.3, 0.4) is 0 Å². The molecular formula is C16H24ClN3O2. The summed E-state index contributed by atoms with van der Waals surface area (Å²) in [5, 5.41) is 6.86. The van der Waals surface area contributed by atoms with E-state index in [2.05, 4.69) is 15.5 Å². The molecule has 0 bridgehead atoms. The van der Waals surface area contributed by atoms with E-state index in [-0.39, 0.29) is 12.5 Å². The Morgan fingerprint density at radius 1 is 1.41 bits per heavy atom. The molecule has 22 heavy (non-hydrogen) atoms. The SMILES string of the molecule is Cc1c(Cl)cccc1OCC(=O)NCCCN1CCNCC1. The van der Waals surface area contributed by atoms with Crippen molar-refractivity contribution in [3.05, 3.63) is 28.8 Å². The average Bonchev–Trinajstić information content (AvgIpc) is 2.54. The van der Waals surface area contributed by atoms with E-state index in [0.717, 1.165) is 44.7 Å². The summed E-state index contributed by atoms with van der Waals surface area (Å²) >= 11 is 6.02. The van der Waals surface area contributed by atoms with Crippen molar-refractivity contribution >= 4 is 17.5 Å².